The Kier molecular flexibility index (Phi) is 7.57. The molecule has 0 spiro atoms. The zero-order valence-electron chi connectivity index (χ0n) is 20.9. The van der Waals surface area contributed by atoms with Crippen LogP contribution >= 0.6 is 11.3 Å². The molecule has 1 aliphatic carbocycles. The van der Waals surface area contributed by atoms with Gasteiger partial charge < -0.3 is 5.32 Å². The predicted octanol–water partition coefficient (Wildman–Crippen LogP) is 6.14. The Balaban J connectivity index is 1.80. The summed E-state index contributed by atoms with van der Waals surface area (Å²) in [6.07, 6.45) is 5.33. The molecule has 2 aromatic carbocycles. The molecule has 1 heterocycles. The summed E-state index contributed by atoms with van der Waals surface area (Å²) in [4.78, 5) is 33.6. The molecule has 1 aliphatic rings. The lowest BCUT2D eigenvalue weighted by Gasteiger charge is -2.31. The zero-order chi connectivity index (χ0) is 25.0. The third kappa shape index (κ3) is 5.74. The lowest BCUT2D eigenvalue weighted by Crippen LogP contribution is -2.47. The van der Waals surface area contributed by atoms with Gasteiger partial charge in [0.05, 0.1) is 10.2 Å². The number of carbonyl (C=O) groups excluding carboxylic acids is 2. The van der Waals surface area contributed by atoms with Gasteiger partial charge in [0.2, 0.25) is 0 Å². The Hall–Kier alpha value is -3.17. The van der Waals surface area contributed by atoms with Crippen LogP contribution in [0, 0.1) is 11.8 Å². The first kappa shape index (κ1) is 24.9. The third-order valence-corrected chi connectivity index (χ3v) is 7.55. The van der Waals surface area contributed by atoms with E-state index in [1.807, 2.05) is 48.5 Å². The van der Waals surface area contributed by atoms with Gasteiger partial charge in [-0.1, -0.05) is 70.2 Å². The Morgan fingerprint density at radius 1 is 1.06 bits per heavy atom. The molecular formula is C29H33N3O2S. The maximum atomic E-state index is 13.9. The van der Waals surface area contributed by atoms with Crippen molar-refractivity contribution in [2.45, 2.75) is 77.3 Å². The first-order chi connectivity index (χ1) is 16.8. The molecule has 1 aromatic heterocycles. The van der Waals surface area contributed by atoms with E-state index in [2.05, 4.69) is 37.9 Å². The molecule has 182 valence electrons. The minimum Gasteiger partial charge on any atom is -0.351 e. The molecule has 0 radical (unpaired) electrons. The van der Waals surface area contributed by atoms with E-state index in [0.29, 0.717) is 10.7 Å². The summed E-state index contributed by atoms with van der Waals surface area (Å²) in [5.41, 5.74) is 2.58. The second-order valence-corrected chi connectivity index (χ2v) is 11.2. The number of amides is 2. The van der Waals surface area contributed by atoms with Gasteiger partial charge in [0.1, 0.15) is 5.01 Å². The number of aromatic nitrogens is 1. The number of para-hydroxylation sites is 1. The summed E-state index contributed by atoms with van der Waals surface area (Å²) in [7, 11) is 0. The van der Waals surface area contributed by atoms with Crippen molar-refractivity contribution in [3.63, 3.8) is 0 Å². The summed E-state index contributed by atoms with van der Waals surface area (Å²) >= 11 is 1.45. The van der Waals surface area contributed by atoms with Crippen molar-refractivity contribution < 1.29 is 9.59 Å². The number of nitrogens with one attached hydrogen (secondary N) is 1. The van der Waals surface area contributed by atoms with E-state index in [-0.39, 0.29) is 17.4 Å². The fraction of sp³-hybridized carbons (Fsp3) is 0.414. The molecule has 1 N–H and O–H groups in total. The molecule has 1 unspecified atom stereocenters. The summed E-state index contributed by atoms with van der Waals surface area (Å²) in [6, 6.07) is 14.9. The highest BCUT2D eigenvalue weighted by molar-refractivity contribution is 7.18. The number of benzene rings is 2. The molecule has 6 heteroatoms. The maximum absolute atomic E-state index is 13.9. The average Bonchev–Trinajstić information content (AvgIpc) is 3.26. The molecule has 0 aliphatic heterocycles. The zero-order valence-corrected chi connectivity index (χ0v) is 21.7. The van der Waals surface area contributed by atoms with Crippen LogP contribution in [0.25, 0.3) is 10.2 Å². The summed E-state index contributed by atoms with van der Waals surface area (Å²) in [5, 5.41) is 3.82. The summed E-state index contributed by atoms with van der Waals surface area (Å²) < 4.78 is 0.982. The quantitative estimate of drug-likeness (QED) is 0.440. The normalized spacial score (nSPS) is 15.2. The van der Waals surface area contributed by atoms with Gasteiger partial charge in [-0.3, -0.25) is 14.5 Å². The van der Waals surface area contributed by atoms with Crippen LogP contribution in [0.15, 0.2) is 48.5 Å². The lowest BCUT2D eigenvalue weighted by atomic mass is 9.87. The number of anilines is 1. The van der Waals surface area contributed by atoms with Crippen LogP contribution in [0.1, 0.15) is 76.4 Å². The SMILES string of the molecule is CC#CC(=O)N(c1ccc(C(C)(C)C)cc1)C(C(=O)NC1CCCCC1)c1nc2ccccc2s1. The smallest absolute Gasteiger partial charge is 0.303 e. The highest BCUT2D eigenvalue weighted by Crippen LogP contribution is 2.35. The van der Waals surface area contributed by atoms with Crippen molar-refractivity contribution in [3.8, 4) is 11.8 Å². The number of hydrogen-bond acceptors (Lipinski definition) is 4. The fourth-order valence-corrected chi connectivity index (χ4v) is 5.60. The summed E-state index contributed by atoms with van der Waals surface area (Å²) in [5.74, 6) is 4.76. The Labute approximate surface area is 211 Å². The van der Waals surface area contributed by atoms with Crippen molar-refractivity contribution >= 4 is 39.1 Å². The molecule has 1 fully saturated rings. The maximum Gasteiger partial charge on any atom is 0.303 e. The first-order valence-corrected chi connectivity index (χ1v) is 13.1. The van der Waals surface area contributed by atoms with Crippen molar-refractivity contribution in [1.29, 1.82) is 0 Å². The van der Waals surface area contributed by atoms with Crippen LogP contribution in [0.3, 0.4) is 0 Å². The van der Waals surface area contributed by atoms with E-state index in [4.69, 9.17) is 4.98 Å². The largest absolute Gasteiger partial charge is 0.351 e. The van der Waals surface area contributed by atoms with E-state index in [1.54, 1.807) is 6.92 Å². The highest BCUT2D eigenvalue weighted by atomic mass is 32.1. The highest BCUT2D eigenvalue weighted by Gasteiger charge is 2.36. The predicted molar refractivity (Wildman–Crippen MR) is 143 cm³/mol. The number of carbonyl (C=O) groups is 2. The number of hydrogen-bond donors (Lipinski definition) is 1. The lowest BCUT2D eigenvalue weighted by molar-refractivity contribution is -0.125. The molecule has 35 heavy (non-hydrogen) atoms. The monoisotopic (exact) mass is 487 g/mol. The summed E-state index contributed by atoms with van der Waals surface area (Å²) in [6.45, 7) is 8.08. The standard InChI is InChI=1S/C29H33N3O2S/c1-5-11-25(33)32(22-18-16-20(17-19-22)29(2,3)4)26(27(34)30-21-12-7-6-8-13-21)28-31-23-14-9-10-15-24(23)35-28/h9-10,14-19,21,26H,6-8,12-13H2,1-4H3,(H,30,34). The second-order valence-electron chi connectivity index (χ2n) is 10.1. The van der Waals surface area contributed by atoms with Gasteiger partial charge >= 0.3 is 5.91 Å². The van der Waals surface area contributed by atoms with Gasteiger partial charge in [0, 0.05) is 11.7 Å². The van der Waals surface area contributed by atoms with Gasteiger partial charge in [-0.25, -0.2) is 4.98 Å². The molecule has 1 saturated carbocycles. The third-order valence-electron chi connectivity index (χ3n) is 6.46. The Bertz CT molecular complexity index is 1220. The number of rotatable bonds is 5. The van der Waals surface area contributed by atoms with Gasteiger partial charge in [-0.2, -0.15) is 0 Å². The Morgan fingerprint density at radius 3 is 2.37 bits per heavy atom. The van der Waals surface area contributed by atoms with Crippen LogP contribution in [0.2, 0.25) is 0 Å². The number of thiazole rings is 1. The van der Waals surface area contributed by atoms with E-state index in [9.17, 15) is 9.59 Å². The average molecular weight is 488 g/mol. The second kappa shape index (κ2) is 10.6. The topological polar surface area (TPSA) is 62.3 Å². The minimum atomic E-state index is -0.900. The van der Waals surface area contributed by atoms with Crippen molar-refractivity contribution in [2.75, 3.05) is 4.90 Å². The molecule has 0 bridgehead atoms. The van der Waals surface area contributed by atoms with Crippen LogP contribution in [-0.4, -0.2) is 22.8 Å². The van der Waals surface area contributed by atoms with Gasteiger partial charge in [0.15, 0.2) is 6.04 Å². The van der Waals surface area contributed by atoms with Gasteiger partial charge in [0.25, 0.3) is 5.91 Å². The van der Waals surface area contributed by atoms with Crippen molar-refractivity contribution in [2.24, 2.45) is 0 Å². The molecular weight excluding hydrogens is 454 g/mol. The van der Waals surface area contributed by atoms with E-state index in [0.717, 1.165) is 41.5 Å². The van der Waals surface area contributed by atoms with Crippen LogP contribution in [0.4, 0.5) is 5.69 Å². The van der Waals surface area contributed by atoms with E-state index >= 15 is 0 Å². The van der Waals surface area contributed by atoms with E-state index < -0.39 is 11.9 Å². The minimum absolute atomic E-state index is 0.0264. The Morgan fingerprint density at radius 2 is 1.74 bits per heavy atom. The van der Waals surface area contributed by atoms with Gasteiger partial charge in [-0.05, 0) is 60.9 Å². The molecule has 4 rings (SSSR count). The molecule has 5 nitrogen and oxygen atoms in total. The molecule has 0 saturated heterocycles. The van der Waals surface area contributed by atoms with Crippen LogP contribution in [-0.2, 0) is 15.0 Å². The van der Waals surface area contributed by atoms with Gasteiger partial charge in [-0.15, -0.1) is 11.3 Å². The molecule has 3 aromatic rings. The first-order valence-electron chi connectivity index (χ1n) is 12.3. The fourth-order valence-electron chi connectivity index (χ4n) is 4.55. The van der Waals surface area contributed by atoms with Crippen LogP contribution in [0.5, 0.6) is 0 Å². The molecule has 1 atom stereocenters. The number of fused-ring (bicyclic) bond motifs is 1. The molecule has 2 amide bonds. The number of nitrogens with zero attached hydrogens (tertiary/aromatic N) is 2. The van der Waals surface area contributed by atoms with Crippen molar-refractivity contribution in [3.05, 3.63) is 59.1 Å². The van der Waals surface area contributed by atoms with Crippen molar-refractivity contribution in [1.82, 2.24) is 10.3 Å². The van der Waals surface area contributed by atoms with E-state index in [1.165, 1.54) is 22.7 Å². The van der Waals surface area contributed by atoms with Crippen LogP contribution < -0.4 is 10.2 Å².